The van der Waals surface area contributed by atoms with Crippen LogP contribution in [0.1, 0.15) is 13.3 Å². The van der Waals surface area contributed by atoms with Crippen LogP contribution in [0.3, 0.4) is 0 Å². The molecule has 0 spiro atoms. The van der Waals surface area contributed by atoms with Gasteiger partial charge in [0.1, 0.15) is 6.61 Å². The predicted octanol–water partition coefficient (Wildman–Crippen LogP) is -0.436. The molecule has 7 heteroatoms. The second-order valence-electron chi connectivity index (χ2n) is 3.82. The van der Waals surface area contributed by atoms with Crippen molar-refractivity contribution in [3.63, 3.8) is 0 Å². The number of rotatable bonds is 6. The lowest BCUT2D eigenvalue weighted by atomic mass is 10.2. The zero-order valence-electron chi connectivity index (χ0n) is 9.77. The van der Waals surface area contributed by atoms with Crippen molar-refractivity contribution in [1.29, 1.82) is 0 Å². The highest BCUT2D eigenvalue weighted by molar-refractivity contribution is 5.74. The second kappa shape index (κ2) is 7.08. The normalized spacial score (nSPS) is 23.4. The Morgan fingerprint density at radius 1 is 1.53 bits per heavy atom. The third-order valence-electron chi connectivity index (χ3n) is 2.45. The molecule has 1 fully saturated rings. The smallest absolute Gasteiger partial charge is 0.329 e. The summed E-state index contributed by atoms with van der Waals surface area (Å²) in [7, 11) is 0. The van der Waals surface area contributed by atoms with Crippen LogP contribution in [0.4, 0.5) is 4.79 Å². The van der Waals surface area contributed by atoms with E-state index in [9.17, 15) is 9.59 Å². The van der Waals surface area contributed by atoms with Gasteiger partial charge >= 0.3 is 12.0 Å². The molecule has 1 heterocycles. The second-order valence-corrected chi connectivity index (χ2v) is 3.82. The molecule has 2 amide bonds. The summed E-state index contributed by atoms with van der Waals surface area (Å²) in [6.45, 7) is 2.68. The molecule has 1 rings (SSSR count). The van der Waals surface area contributed by atoms with Crippen molar-refractivity contribution in [3.8, 4) is 0 Å². The van der Waals surface area contributed by atoms with E-state index in [1.807, 2.05) is 6.92 Å². The highest BCUT2D eigenvalue weighted by Gasteiger charge is 2.25. The lowest BCUT2D eigenvalue weighted by Crippen LogP contribution is -2.45. The molecule has 0 aliphatic carbocycles. The summed E-state index contributed by atoms with van der Waals surface area (Å²) in [4.78, 5) is 21.5. The molecule has 1 aliphatic heterocycles. The van der Waals surface area contributed by atoms with Gasteiger partial charge in [0.15, 0.2) is 0 Å². The van der Waals surface area contributed by atoms with Gasteiger partial charge in [-0.1, -0.05) is 0 Å². The Morgan fingerprint density at radius 3 is 2.88 bits per heavy atom. The fourth-order valence-electron chi connectivity index (χ4n) is 1.54. The Morgan fingerprint density at radius 2 is 2.29 bits per heavy atom. The van der Waals surface area contributed by atoms with Gasteiger partial charge in [0.25, 0.3) is 0 Å². The molecule has 0 aromatic heterocycles. The summed E-state index contributed by atoms with van der Waals surface area (Å²) in [6.07, 6.45) is 0.841. The molecule has 0 bridgehead atoms. The summed E-state index contributed by atoms with van der Waals surface area (Å²) < 4.78 is 10.1. The molecule has 2 unspecified atom stereocenters. The van der Waals surface area contributed by atoms with E-state index in [0.717, 1.165) is 6.42 Å². The van der Waals surface area contributed by atoms with Crippen LogP contribution in [0, 0.1) is 0 Å². The molecular weight excluding hydrogens is 228 g/mol. The van der Waals surface area contributed by atoms with E-state index in [2.05, 4.69) is 10.6 Å². The van der Waals surface area contributed by atoms with Gasteiger partial charge in [-0.05, 0) is 13.3 Å². The van der Waals surface area contributed by atoms with E-state index in [-0.39, 0.29) is 37.9 Å². The molecule has 3 N–H and O–H groups in total. The predicted molar refractivity (Wildman–Crippen MR) is 58.8 cm³/mol. The molecule has 1 saturated heterocycles. The van der Waals surface area contributed by atoms with Crippen LogP contribution in [-0.4, -0.2) is 55.6 Å². The number of nitrogens with one attached hydrogen (secondary N) is 2. The number of carbonyl (C=O) groups excluding carboxylic acids is 1. The maximum Gasteiger partial charge on any atom is 0.329 e. The molecule has 0 saturated carbocycles. The van der Waals surface area contributed by atoms with Gasteiger partial charge in [-0.3, -0.25) is 0 Å². The molecule has 98 valence electrons. The van der Waals surface area contributed by atoms with E-state index in [4.69, 9.17) is 14.6 Å². The van der Waals surface area contributed by atoms with E-state index in [1.54, 1.807) is 0 Å². The minimum atomic E-state index is -1.02. The summed E-state index contributed by atoms with van der Waals surface area (Å²) >= 11 is 0. The van der Waals surface area contributed by atoms with E-state index < -0.39 is 5.97 Å². The van der Waals surface area contributed by atoms with Crippen LogP contribution in [0.5, 0.6) is 0 Å². The largest absolute Gasteiger partial charge is 0.480 e. The fraction of sp³-hybridized carbons (Fsp3) is 0.800. The third kappa shape index (κ3) is 5.50. The monoisotopic (exact) mass is 246 g/mol. The van der Waals surface area contributed by atoms with Crippen LogP contribution in [0.2, 0.25) is 0 Å². The lowest BCUT2D eigenvalue weighted by molar-refractivity contribution is -0.142. The van der Waals surface area contributed by atoms with E-state index in [0.29, 0.717) is 6.61 Å². The molecule has 0 aromatic rings. The molecule has 0 radical (unpaired) electrons. The number of carboxylic acid groups (broad SMARTS) is 1. The Bertz CT molecular complexity index is 271. The van der Waals surface area contributed by atoms with Gasteiger partial charge in [-0.2, -0.15) is 0 Å². The van der Waals surface area contributed by atoms with Crippen molar-refractivity contribution < 1.29 is 24.2 Å². The SMILES string of the molecule is CC1OCCC1NC(=O)NCCOCC(=O)O. The van der Waals surface area contributed by atoms with Crippen molar-refractivity contribution in [2.75, 3.05) is 26.4 Å². The topological polar surface area (TPSA) is 96.9 Å². The fourth-order valence-corrected chi connectivity index (χ4v) is 1.54. The molecule has 0 aromatic carbocycles. The lowest BCUT2D eigenvalue weighted by Gasteiger charge is -2.16. The number of hydrogen-bond acceptors (Lipinski definition) is 4. The Hall–Kier alpha value is -1.34. The van der Waals surface area contributed by atoms with Gasteiger partial charge in [-0.25, -0.2) is 9.59 Å². The molecule has 7 nitrogen and oxygen atoms in total. The molecule has 17 heavy (non-hydrogen) atoms. The van der Waals surface area contributed by atoms with Crippen molar-refractivity contribution in [3.05, 3.63) is 0 Å². The van der Waals surface area contributed by atoms with Crippen LogP contribution in [0.25, 0.3) is 0 Å². The number of urea groups is 1. The van der Waals surface area contributed by atoms with Crippen molar-refractivity contribution >= 4 is 12.0 Å². The highest BCUT2D eigenvalue weighted by Crippen LogP contribution is 2.11. The van der Waals surface area contributed by atoms with Crippen molar-refractivity contribution in [2.45, 2.75) is 25.5 Å². The van der Waals surface area contributed by atoms with Gasteiger partial charge in [0.05, 0.1) is 18.8 Å². The maximum atomic E-state index is 11.4. The maximum absolute atomic E-state index is 11.4. The van der Waals surface area contributed by atoms with Crippen LogP contribution in [0.15, 0.2) is 0 Å². The highest BCUT2D eigenvalue weighted by atomic mass is 16.5. The first-order chi connectivity index (χ1) is 8.09. The average molecular weight is 246 g/mol. The number of aliphatic carboxylic acids is 1. The van der Waals surface area contributed by atoms with Crippen molar-refractivity contribution in [1.82, 2.24) is 10.6 Å². The molecular formula is C10H18N2O5. The Balaban J connectivity index is 2.03. The third-order valence-corrected chi connectivity index (χ3v) is 2.45. The number of amides is 2. The van der Waals surface area contributed by atoms with E-state index in [1.165, 1.54) is 0 Å². The summed E-state index contributed by atoms with van der Waals surface area (Å²) in [5, 5.41) is 13.7. The van der Waals surface area contributed by atoms with Crippen LogP contribution in [-0.2, 0) is 14.3 Å². The van der Waals surface area contributed by atoms with Gasteiger partial charge in [0.2, 0.25) is 0 Å². The number of carboxylic acids is 1. The summed E-state index contributed by atoms with van der Waals surface area (Å²) in [5.74, 6) is -1.02. The zero-order chi connectivity index (χ0) is 12.7. The number of ether oxygens (including phenoxy) is 2. The summed E-state index contributed by atoms with van der Waals surface area (Å²) in [6, 6.07) is -0.249. The van der Waals surface area contributed by atoms with Crippen LogP contribution < -0.4 is 10.6 Å². The average Bonchev–Trinajstić information content (AvgIpc) is 2.63. The minimum Gasteiger partial charge on any atom is -0.480 e. The quantitative estimate of drug-likeness (QED) is 0.552. The first-order valence-corrected chi connectivity index (χ1v) is 5.55. The van der Waals surface area contributed by atoms with Gasteiger partial charge < -0.3 is 25.2 Å². The standard InChI is InChI=1S/C10H18N2O5/c1-7-8(2-4-17-7)12-10(15)11-3-5-16-6-9(13)14/h7-8H,2-6H2,1H3,(H,13,14)(H2,11,12,15). The van der Waals surface area contributed by atoms with E-state index >= 15 is 0 Å². The van der Waals surface area contributed by atoms with Gasteiger partial charge in [0, 0.05) is 13.2 Å². The number of hydrogen-bond donors (Lipinski definition) is 3. The minimum absolute atomic E-state index is 0.0315. The van der Waals surface area contributed by atoms with Crippen molar-refractivity contribution in [2.24, 2.45) is 0 Å². The molecule has 1 aliphatic rings. The zero-order valence-corrected chi connectivity index (χ0v) is 9.77. The molecule has 2 atom stereocenters. The summed E-state index contributed by atoms with van der Waals surface area (Å²) in [5.41, 5.74) is 0. The Labute approximate surface area is 99.5 Å². The first-order valence-electron chi connectivity index (χ1n) is 5.55. The Kier molecular flexibility index (Phi) is 5.71. The van der Waals surface area contributed by atoms with Crippen LogP contribution >= 0.6 is 0 Å². The van der Waals surface area contributed by atoms with Gasteiger partial charge in [-0.15, -0.1) is 0 Å². The number of carbonyl (C=O) groups is 2. The first kappa shape index (κ1) is 13.7.